The molecule has 1 atom stereocenters. The predicted molar refractivity (Wildman–Crippen MR) is 96.6 cm³/mol. The minimum atomic E-state index is -0.0891. The quantitative estimate of drug-likeness (QED) is 0.917. The molecule has 6 nitrogen and oxygen atoms in total. The van der Waals surface area contributed by atoms with Crippen LogP contribution in [0.5, 0.6) is 0 Å². The molecule has 1 N–H and O–H groups in total. The van der Waals surface area contributed by atoms with Crippen LogP contribution in [0.4, 0.5) is 10.5 Å². The first kappa shape index (κ1) is 17.0. The highest BCUT2D eigenvalue weighted by Gasteiger charge is 2.30. The van der Waals surface area contributed by atoms with E-state index in [4.69, 9.17) is 0 Å². The van der Waals surface area contributed by atoms with Crippen molar-refractivity contribution >= 4 is 23.1 Å². The van der Waals surface area contributed by atoms with Crippen LogP contribution in [0.2, 0.25) is 0 Å². The third-order valence-electron chi connectivity index (χ3n) is 4.46. The molecule has 2 amide bonds. The molecule has 0 unspecified atom stereocenters. The molecule has 0 aliphatic heterocycles. The Bertz CT molecular complexity index is 748. The number of hydrogen-bond acceptors (Lipinski definition) is 4. The fourth-order valence-electron chi connectivity index (χ4n) is 3.26. The SMILES string of the molecule is Cc1nc2c(s1)[C@@H](N(C)C(=O)Nc1cn(C)nc1C(C)C)CCC2. The van der Waals surface area contributed by atoms with Gasteiger partial charge in [-0.15, -0.1) is 11.3 Å². The highest BCUT2D eigenvalue weighted by atomic mass is 32.1. The fraction of sp³-hybridized carbons (Fsp3) is 0.588. The van der Waals surface area contributed by atoms with Gasteiger partial charge in [0.15, 0.2) is 0 Å². The number of rotatable bonds is 3. The summed E-state index contributed by atoms with van der Waals surface area (Å²) in [5, 5.41) is 8.56. The van der Waals surface area contributed by atoms with Crippen molar-refractivity contribution in [2.45, 2.75) is 52.0 Å². The maximum atomic E-state index is 12.8. The molecular formula is C17H25N5OS. The van der Waals surface area contributed by atoms with Gasteiger partial charge >= 0.3 is 6.03 Å². The van der Waals surface area contributed by atoms with Crippen LogP contribution in [0.25, 0.3) is 0 Å². The van der Waals surface area contributed by atoms with Crippen molar-refractivity contribution in [3.05, 3.63) is 27.5 Å². The van der Waals surface area contributed by atoms with Gasteiger partial charge in [0.25, 0.3) is 0 Å². The molecule has 1 aliphatic carbocycles. The number of nitrogens with zero attached hydrogens (tertiary/aromatic N) is 4. The molecule has 0 spiro atoms. The Balaban J connectivity index is 1.79. The van der Waals surface area contributed by atoms with Gasteiger partial charge in [-0.1, -0.05) is 13.8 Å². The smallest absolute Gasteiger partial charge is 0.320 e. The van der Waals surface area contributed by atoms with E-state index in [9.17, 15) is 4.79 Å². The van der Waals surface area contributed by atoms with E-state index in [0.29, 0.717) is 0 Å². The molecule has 7 heteroatoms. The number of aryl methyl sites for hydroxylation is 3. The monoisotopic (exact) mass is 347 g/mol. The highest BCUT2D eigenvalue weighted by molar-refractivity contribution is 7.11. The first-order chi connectivity index (χ1) is 11.4. The average Bonchev–Trinajstić information content (AvgIpc) is 3.07. The van der Waals surface area contributed by atoms with Gasteiger partial charge in [-0.05, 0) is 32.1 Å². The second-order valence-corrected chi connectivity index (χ2v) is 7.98. The van der Waals surface area contributed by atoms with E-state index in [-0.39, 0.29) is 18.0 Å². The second-order valence-electron chi connectivity index (χ2n) is 6.75. The standard InChI is InChI=1S/C17H25N5OS/c1-10(2)15-13(9-21(4)20-15)19-17(23)22(5)14-8-6-7-12-16(14)24-11(3)18-12/h9-10,14H,6-8H2,1-5H3,(H,19,23)/t14-/m0/s1. The average molecular weight is 347 g/mol. The van der Waals surface area contributed by atoms with Crippen molar-refractivity contribution in [1.29, 1.82) is 0 Å². The number of nitrogens with one attached hydrogen (secondary N) is 1. The molecule has 0 saturated heterocycles. The summed E-state index contributed by atoms with van der Waals surface area (Å²) >= 11 is 1.71. The first-order valence-corrected chi connectivity index (χ1v) is 9.22. The summed E-state index contributed by atoms with van der Waals surface area (Å²) in [5.74, 6) is 0.261. The summed E-state index contributed by atoms with van der Waals surface area (Å²) in [6.07, 6.45) is 4.95. The predicted octanol–water partition coefficient (Wildman–Crippen LogP) is 3.85. The maximum absolute atomic E-state index is 12.8. The number of anilines is 1. The van der Waals surface area contributed by atoms with Crippen LogP contribution in [0.3, 0.4) is 0 Å². The van der Waals surface area contributed by atoms with Gasteiger partial charge in [0, 0.05) is 20.3 Å². The number of fused-ring (bicyclic) bond motifs is 1. The minimum absolute atomic E-state index is 0.0891. The van der Waals surface area contributed by atoms with Gasteiger partial charge in [0.1, 0.15) is 0 Å². The third kappa shape index (κ3) is 3.17. The number of carbonyl (C=O) groups excluding carboxylic acids is 1. The van der Waals surface area contributed by atoms with E-state index in [1.54, 1.807) is 16.0 Å². The lowest BCUT2D eigenvalue weighted by Gasteiger charge is -2.30. The van der Waals surface area contributed by atoms with Crippen LogP contribution in [-0.4, -0.2) is 32.7 Å². The molecule has 1 aliphatic rings. The Hall–Kier alpha value is -1.89. The largest absolute Gasteiger partial charge is 0.322 e. The summed E-state index contributed by atoms with van der Waals surface area (Å²) < 4.78 is 1.75. The van der Waals surface area contributed by atoms with E-state index >= 15 is 0 Å². The van der Waals surface area contributed by atoms with Gasteiger partial charge in [-0.2, -0.15) is 5.10 Å². The molecule has 0 saturated carbocycles. The zero-order valence-corrected chi connectivity index (χ0v) is 15.8. The second kappa shape index (κ2) is 6.55. The molecule has 24 heavy (non-hydrogen) atoms. The van der Waals surface area contributed by atoms with E-state index in [1.165, 1.54) is 4.88 Å². The molecule has 0 bridgehead atoms. The van der Waals surface area contributed by atoms with Crippen molar-refractivity contribution in [2.75, 3.05) is 12.4 Å². The number of hydrogen-bond donors (Lipinski definition) is 1. The van der Waals surface area contributed by atoms with Crippen LogP contribution in [-0.2, 0) is 13.5 Å². The minimum Gasteiger partial charge on any atom is -0.320 e. The zero-order valence-electron chi connectivity index (χ0n) is 15.0. The normalized spacial score (nSPS) is 17.0. The fourth-order valence-corrected chi connectivity index (χ4v) is 4.41. The Labute approximate surface area is 146 Å². The summed E-state index contributed by atoms with van der Waals surface area (Å²) in [6, 6.07) is 0.0212. The topological polar surface area (TPSA) is 63.1 Å². The maximum Gasteiger partial charge on any atom is 0.322 e. The number of aromatic nitrogens is 3. The number of urea groups is 1. The Kier molecular flexibility index (Phi) is 4.62. The zero-order chi connectivity index (χ0) is 17.4. The summed E-state index contributed by atoms with van der Waals surface area (Å²) in [6.45, 7) is 6.19. The van der Waals surface area contributed by atoms with Crippen LogP contribution in [0.15, 0.2) is 6.20 Å². The van der Waals surface area contributed by atoms with Gasteiger partial charge in [0.2, 0.25) is 0 Å². The molecule has 3 rings (SSSR count). The number of thiazole rings is 1. The Morgan fingerprint density at radius 2 is 2.25 bits per heavy atom. The highest BCUT2D eigenvalue weighted by Crippen LogP contribution is 2.37. The van der Waals surface area contributed by atoms with E-state index in [2.05, 4.69) is 29.2 Å². The van der Waals surface area contributed by atoms with Gasteiger partial charge in [0.05, 0.1) is 33.0 Å². The Morgan fingerprint density at radius 3 is 2.96 bits per heavy atom. The van der Waals surface area contributed by atoms with Gasteiger partial charge in [-0.3, -0.25) is 4.68 Å². The molecular weight excluding hydrogens is 322 g/mol. The lowest BCUT2D eigenvalue weighted by Crippen LogP contribution is -2.36. The summed E-state index contributed by atoms with van der Waals surface area (Å²) in [5.41, 5.74) is 2.87. The van der Waals surface area contributed by atoms with Gasteiger partial charge < -0.3 is 10.2 Å². The lowest BCUT2D eigenvalue weighted by molar-refractivity contribution is 0.198. The van der Waals surface area contributed by atoms with Crippen molar-refractivity contribution in [1.82, 2.24) is 19.7 Å². The summed E-state index contributed by atoms with van der Waals surface area (Å²) in [7, 11) is 3.74. The van der Waals surface area contributed by atoms with Crippen molar-refractivity contribution in [2.24, 2.45) is 7.05 Å². The van der Waals surface area contributed by atoms with Crippen LogP contribution >= 0.6 is 11.3 Å². The van der Waals surface area contributed by atoms with E-state index in [1.807, 2.05) is 32.1 Å². The van der Waals surface area contributed by atoms with Crippen molar-refractivity contribution in [3.8, 4) is 0 Å². The number of carbonyl (C=O) groups is 1. The Morgan fingerprint density at radius 1 is 1.50 bits per heavy atom. The van der Waals surface area contributed by atoms with Crippen LogP contribution in [0.1, 0.15) is 59.9 Å². The van der Waals surface area contributed by atoms with Crippen molar-refractivity contribution < 1.29 is 4.79 Å². The number of amides is 2. The molecule has 130 valence electrons. The molecule has 2 aromatic heterocycles. The van der Waals surface area contributed by atoms with Crippen LogP contribution in [0, 0.1) is 6.92 Å². The third-order valence-corrected chi connectivity index (χ3v) is 5.58. The van der Waals surface area contributed by atoms with Gasteiger partial charge in [-0.25, -0.2) is 9.78 Å². The van der Waals surface area contributed by atoms with E-state index in [0.717, 1.165) is 41.3 Å². The van der Waals surface area contributed by atoms with E-state index < -0.39 is 0 Å². The molecule has 0 radical (unpaired) electrons. The van der Waals surface area contributed by atoms with Crippen molar-refractivity contribution in [3.63, 3.8) is 0 Å². The molecule has 0 aromatic carbocycles. The van der Waals surface area contributed by atoms with Crippen LogP contribution < -0.4 is 5.32 Å². The molecule has 0 fully saturated rings. The lowest BCUT2D eigenvalue weighted by atomic mass is 9.97. The first-order valence-electron chi connectivity index (χ1n) is 8.40. The summed E-state index contributed by atoms with van der Waals surface area (Å²) in [4.78, 5) is 20.4. The molecule has 2 aromatic rings. The molecule has 2 heterocycles.